The molecular formula is C19H21ClO4. The van der Waals surface area contributed by atoms with Gasteiger partial charge in [0.1, 0.15) is 18.0 Å². The van der Waals surface area contributed by atoms with E-state index in [2.05, 4.69) is 0 Å². The van der Waals surface area contributed by atoms with Crippen LogP contribution in [0.25, 0.3) is 0 Å². The third kappa shape index (κ3) is 5.21. The summed E-state index contributed by atoms with van der Waals surface area (Å²) in [4.78, 5) is 0. The molecule has 1 aliphatic rings. The number of hydrogen-bond donors (Lipinski definition) is 0. The van der Waals surface area contributed by atoms with Gasteiger partial charge in [-0.1, -0.05) is 35.9 Å². The van der Waals surface area contributed by atoms with Gasteiger partial charge in [-0.15, -0.1) is 0 Å². The molecule has 24 heavy (non-hydrogen) atoms. The van der Waals surface area contributed by atoms with E-state index in [0.717, 1.165) is 23.5 Å². The first-order chi connectivity index (χ1) is 11.7. The molecule has 1 aliphatic heterocycles. The second kappa shape index (κ2) is 8.49. The number of rotatable bonds is 9. The van der Waals surface area contributed by atoms with Crippen molar-refractivity contribution in [2.45, 2.75) is 25.4 Å². The lowest BCUT2D eigenvalue weighted by atomic mass is 10.2. The maximum atomic E-state index is 5.99. The van der Waals surface area contributed by atoms with E-state index < -0.39 is 0 Å². The van der Waals surface area contributed by atoms with Crippen LogP contribution in [0.3, 0.4) is 0 Å². The Morgan fingerprint density at radius 3 is 2.58 bits per heavy atom. The highest BCUT2D eigenvalue weighted by Gasteiger charge is 2.33. The molecule has 0 aliphatic carbocycles. The van der Waals surface area contributed by atoms with Crippen molar-refractivity contribution in [3.05, 3.63) is 64.7 Å². The number of hydrogen-bond acceptors (Lipinski definition) is 4. The van der Waals surface area contributed by atoms with Gasteiger partial charge >= 0.3 is 0 Å². The van der Waals surface area contributed by atoms with E-state index in [1.165, 1.54) is 0 Å². The van der Waals surface area contributed by atoms with Gasteiger partial charge < -0.3 is 18.9 Å². The third-order valence-electron chi connectivity index (χ3n) is 3.84. The summed E-state index contributed by atoms with van der Waals surface area (Å²) in [5, 5.41) is 0.714. The summed E-state index contributed by atoms with van der Waals surface area (Å²) in [5.74, 6) is 0.841. The highest BCUT2D eigenvalue weighted by atomic mass is 35.5. The predicted molar refractivity (Wildman–Crippen MR) is 92.4 cm³/mol. The molecule has 2 aromatic rings. The van der Waals surface area contributed by atoms with Crippen LogP contribution in [0.1, 0.15) is 11.1 Å². The number of halogens is 1. The molecule has 0 N–H and O–H groups in total. The van der Waals surface area contributed by atoms with Crippen LogP contribution in [0.2, 0.25) is 5.02 Å². The fraction of sp³-hybridized carbons (Fsp3) is 0.368. The van der Waals surface area contributed by atoms with Crippen LogP contribution < -0.4 is 4.74 Å². The zero-order chi connectivity index (χ0) is 16.8. The maximum Gasteiger partial charge on any atom is 0.118 e. The number of methoxy groups -OCH3 is 1. The number of ether oxygens (including phenoxy) is 4. The summed E-state index contributed by atoms with van der Waals surface area (Å²) in [6, 6.07) is 15.5. The zero-order valence-electron chi connectivity index (χ0n) is 13.6. The highest BCUT2D eigenvalue weighted by molar-refractivity contribution is 6.30. The molecule has 0 spiro atoms. The average molecular weight is 349 g/mol. The van der Waals surface area contributed by atoms with Crippen LogP contribution in [0.15, 0.2) is 48.5 Å². The molecule has 0 radical (unpaired) electrons. The second-order valence-electron chi connectivity index (χ2n) is 5.71. The molecule has 0 unspecified atom stereocenters. The van der Waals surface area contributed by atoms with Crippen LogP contribution >= 0.6 is 11.6 Å². The van der Waals surface area contributed by atoms with Crippen molar-refractivity contribution in [2.75, 3.05) is 20.3 Å². The first-order valence-corrected chi connectivity index (χ1v) is 8.31. The van der Waals surface area contributed by atoms with E-state index in [4.69, 9.17) is 30.5 Å². The van der Waals surface area contributed by atoms with Gasteiger partial charge in [-0.05, 0) is 35.4 Å². The predicted octanol–water partition coefficient (Wildman–Crippen LogP) is 3.85. The summed E-state index contributed by atoms with van der Waals surface area (Å²) in [6.45, 7) is 2.26. The largest absolute Gasteiger partial charge is 0.497 e. The minimum atomic E-state index is -0.0674. The van der Waals surface area contributed by atoms with Crippen molar-refractivity contribution in [3.8, 4) is 5.75 Å². The molecule has 0 saturated carbocycles. The van der Waals surface area contributed by atoms with Crippen LogP contribution in [-0.2, 0) is 27.4 Å². The Balaban J connectivity index is 1.45. The van der Waals surface area contributed by atoms with Crippen molar-refractivity contribution in [3.63, 3.8) is 0 Å². The van der Waals surface area contributed by atoms with Gasteiger partial charge in [0.15, 0.2) is 0 Å². The van der Waals surface area contributed by atoms with Gasteiger partial charge in [0, 0.05) is 5.02 Å². The van der Waals surface area contributed by atoms with Crippen LogP contribution in [0.4, 0.5) is 0 Å². The monoisotopic (exact) mass is 348 g/mol. The zero-order valence-corrected chi connectivity index (χ0v) is 14.4. The normalized spacial score (nSPS) is 17.5. The summed E-state index contributed by atoms with van der Waals surface area (Å²) in [7, 11) is 1.66. The van der Waals surface area contributed by atoms with Gasteiger partial charge in [0.25, 0.3) is 0 Å². The Kier molecular flexibility index (Phi) is 6.10. The van der Waals surface area contributed by atoms with Crippen molar-refractivity contribution in [1.29, 1.82) is 0 Å². The molecule has 5 heteroatoms. The molecular weight excluding hydrogens is 328 g/mol. The van der Waals surface area contributed by atoms with Gasteiger partial charge in [0.05, 0.1) is 33.5 Å². The summed E-state index contributed by atoms with van der Waals surface area (Å²) in [5.41, 5.74) is 2.14. The van der Waals surface area contributed by atoms with Gasteiger partial charge in [-0.3, -0.25) is 0 Å². The lowest BCUT2D eigenvalue weighted by Gasteiger charge is -2.16. The fourth-order valence-corrected chi connectivity index (χ4v) is 2.59. The Bertz CT molecular complexity index is 640. The smallest absolute Gasteiger partial charge is 0.118 e. The fourth-order valence-electron chi connectivity index (χ4n) is 2.38. The Hall–Kier alpha value is -1.59. The third-order valence-corrected chi connectivity index (χ3v) is 4.07. The van der Waals surface area contributed by atoms with Crippen LogP contribution in [0, 0.1) is 0 Å². The molecule has 0 bridgehead atoms. The number of epoxide rings is 1. The average Bonchev–Trinajstić information content (AvgIpc) is 3.43. The SMILES string of the molecule is COc1ccc(COC[C@H](OCc2cccc(Cl)c2)[C@H]2CO2)cc1. The van der Waals surface area contributed by atoms with Crippen molar-refractivity contribution in [2.24, 2.45) is 0 Å². The Labute approximate surface area is 147 Å². The topological polar surface area (TPSA) is 40.2 Å². The molecule has 0 amide bonds. The minimum Gasteiger partial charge on any atom is -0.497 e. The summed E-state index contributed by atoms with van der Waals surface area (Å²) in [6.07, 6.45) is 0.0577. The summed E-state index contributed by atoms with van der Waals surface area (Å²) >= 11 is 5.99. The van der Waals surface area contributed by atoms with Crippen molar-refractivity contribution < 1.29 is 18.9 Å². The van der Waals surface area contributed by atoms with E-state index in [1.807, 2.05) is 48.5 Å². The van der Waals surface area contributed by atoms with E-state index in [0.29, 0.717) is 24.8 Å². The maximum absolute atomic E-state index is 5.99. The van der Waals surface area contributed by atoms with Gasteiger partial charge in [-0.2, -0.15) is 0 Å². The molecule has 2 aromatic carbocycles. The lowest BCUT2D eigenvalue weighted by molar-refractivity contribution is -0.0417. The van der Waals surface area contributed by atoms with Gasteiger partial charge in [0.2, 0.25) is 0 Å². The lowest BCUT2D eigenvalue weighted by Crippen LogP contribution is -2.25. The molecule has 0 aromatic heterocycles. The molecule has 1 fully saturated rings. The molecule has 2 atom stereocenters. The van der Waals surface area contributed by atoms with Crippen molar-refractivity contribution in [1.82, 2.24) is 0 Å². The van der Waals surface area contributed by atoms with Gasteiger partial charge in [-0.25, -0.2) is 0 Å². The Morgan fingerprint density at radius 2 is 1.92 bits per heavy atom. The molecule has 3 rings (SSSR count). The van der Waals surface area contributed by atoms with E-state index in [1.54, 1.807) is 7.11 Å². The standard InChI is InChI=1S/C19H21ClO4/c1-21-17-7-5-14(6-8-17)10-22-12-18(19-13-24-19)23-11-15-3-2-4-16(20)9-15/h2-9,18-19H,10-13H2,1H3/t18-,19+/m0/s1. The molecule has 1 heterocycles. The second-order valence-corrected chi connectivity index (χ2v) is 6.15. The van der Waals surface area contributed by atoms with Crippen LogP contribution in [-0.4, -0.2) is 32.5 Å². The Morgan fingerprint density at radius 1 is 1.12 bits per heavy atom. The molecule has 128 valence electrons. The quantitative estimate of drug-likeness (QED) is 0.645. The molecule has 1 saturated heterocycles. The van der Waals surface area contributed by atoms with E-state index in [9.17, 15) is 0 Å². The van der Waals surface area contributed by atoms with E-state index in [-0.39, 0.29) is 12.2 Å². The van der Waals surface area contributed by atoms with E-state index >= 15 is 0 Å². The first-order valence-electron chi connectivity index (χ1n) is 7.93. The minimum absolute atomic E-state index is 0.0674. The molecule has 4 nitrogen and oxygen atoms in total. The first kappa shape index (κ1) is 17.2. The summed E-state index contributed by atoms with van der Waals surface area (Å²) < 4.78 is 22.3. The number of benzene rings is 2. The van der Waals surface area contributed by atoms with Crippen LogP contribution in [0.5, 0.6) is 5.75 Å². The van der Waals surface area contributed by atoms with Crippen molar-refractivity contribution >= 4 is 11.6 Å². The highest BCUT2D eigenvalue weighted by Crippen LogP contribution is 2.20.